The van der Waals surface area contributed by atoms with Gasteiger partial charge in [0.2, 0.25) is 0 Å². The van der Waals surface area contributed by atoms with Gasteiger partial charge >= 0.3 is 0 Å². The van der Waals surface area contributed by atoms with Crippen molar-refractivity contribution in [2.24, 2.45) is 0 Å². The van der Waals surface area contributed by atoms with Crippen LogP contribution in [0.15, 0.2) is 91.1 Å². The molecule has 0 aliphatic heterocycles. The van der Waals surface area contributed by atoms with E-state index in [-0.39, 0.29) is 31.6 Å². The average Bonchev–Trinajstić information content (AvgIpc) is 2.74. The van der Waals surface area contributed by atoms with Crippen LogP contribution in [-0.4, -0.2) is 20.9 Å². The van der Waals surface area contributed by atoms with Gasteiger partial charge in [0, 0.05) is 32.4 Å². The second-order valence-corrected chi connectivity index (χ2v) is 6.54. The molecule has 1 aromatic heterocycles. The first-order valence-electron chi connectivity index (χ1n) is 9.18. The molecule has 4 aromatic rings. The topological polar surface area (TPSA) is 63.1 Å². The van der Waals surface area contributed by atoms with E-state index in [2.05, 4.69) is 64.6 Å². The minimum atomic E-state index is -0.125. The first-order valence-corrected chi connectivity index (χ1v) is 9.18. The Morgan fingerprint density at radius 2 is 1.70 bits per heavy atom. The van der Waals surface area contributed by atoms with Gasteiger partial charge in [0.15, 0.2) is 5.78 Å². The third-order valence-corrected chi connectivity index (χ3v) is 4.17. The molecule has 4 rings (SSSR count). The van der Waals surface area contributed by atoms with Crippen molar-refractivity contribution in [1.29, 1.82) is 0 Å². The summed E-state index contributed by atoms with van der Waals surface area (Å²) in [6, 6.07) is 26.3. The van der Waals surface area contributed by atoms with E-state index in [1.54, 1.807) is 12.5 Å². The smallest absolute Gasteiger partial charge is 0.155 e. The Labute approximate surface area is 189 Å². The molecule has 1 radical (unpaired) electrons. The van der Waals surface area contributed by atoms with Gasteiger partial charge in [-0.25, -0.2) is 4.98 Å². The van der Waals surface area contributed by atoms with Gasteiger partial charge in [-0.05, 0) is 30.3 Å². The molecule has 0 atom stereocenters. The van der Waals surface area contributed by atoms with Gasteiger partial charge < -0.3 is 5.11 Å². The normalized spacial score (nSPS) is 10.5. The van der Waals surface area contributed by atoms with E-state index in [4.69, 9.17) is 5.11 Å². The molecule has 0 saturated carbocycles. The monoisotopic (exact) mass is 574 g/mol. The molecule has 4 nitrogen and oxygen atoms in total. The van der Waals surface area contributed by atoms with Crippen molar-refractivity contribution in [2.45, 2.75) is 13.8 Å². The van der Waals surface area contributed by atoms with Crippen LogP contribution in [-0.2, 0) is 24.9 Å². The van der Waals surface area contributed by atoms with Crippen molar-refractivity contribution >= 4 is 16.6 Å². The third-order valence-electron chi connectivity index (χ3n) is 4.17. The molecule has 0 aliphatic rings. The molecule has 0 spiro atoms. The van der Waals surface area contributed by atoms with Crippen LogP contribution < -0.4 is 0 Å². The molecule has 5 heteroatoms. The van der Waals surface area contributed by atoms with Crippen molar-refractivity contribution in [3.63, 3.8) is 0 Å². The van der Waals surface area contributed by atoms with E-state index in [0.29, 0.717) is 0 Å². The molecule has 1 N–H and O–H groups in total. The van der Waals surface area contributed by atoms with E-state index in [1.165, 1.54) is 36.3 Å². The molecule has 0 unspecified atom stereocenters. The molecule has 1 heterocycles. The first kappa shape index (κ1) is 23.1. The van der Waals surface area contributed by atoms with Crippen LogP contribution in [0.25, 0.3) is 33.2 Å². The number of allylic oxidation sites excluding steroid dienone is 2. The quantitative estimate of drug-likeness (QED) is 0.191. The predicted octanol–water partition coefficient (Wildman–Crippen LogP) is 5.80. The number of carbonyl (C=O) groups is 1. The summed E-state index contributed by atoms with van der Waals surface area (Å²) in [6.07, 6.45) is 4.47. The Balaban J connectivity index is 0.000000350. The fourth-order valence-corrected chi connectivity index (χ4v) is 2.88. The van der Waals surface area contributed by atoms with Gasteiger partial charge in [0.25, 0.3) is 0 Å². The number of ketones is 1. The van der Waals surface area contributed by atoms with Gasteiger partial charge in [-0.15, -0.1) is 29.8 Å². The minimum Gasteiger partial charge on any atom is -0.512 e. The molecule has 0 amide bonds. The zero-order chi connectivity index (χ0) is 20.6. The molecule has 3 aromatic carbocycles. The summed E-state index contributed by atoms with van der Waals surface area (Å²) >= 11 is 0. The van der Waals surface area contributed by atoms with Gasteiger partial charge in [0.1, 0.15) is 6.33 Å². The summed E-state index contributed by atoms with van der Waals surface area (Å²) in [5, 5.41) is 10.9. The Hall–Kier alpha value is -3.14. The maximum Gasteiger partial charge on any atom is 0.155 e. The predicted molar refractivity (Wildman–Crippen MR) is 116 cm³/mol. The van der Waals surface area contributed by atoms with Crippen molar-refractivity contribution in [2.75, 3.05) is 0 Å². The van der Waals surface area contributed by atoms with Crippen molar-refractivity contribution in [3.8, 4) is 22.4 Å². The number of hydrogen-bond acceptors (Lipinski definition) is 4. The molecular weight excluding hydrogens is 553 g/mol. The zero-order valence-corrected chi connectivity index (χ0v) is 19.1. The second kappa shape index (κ2) is 11.1. The number of benzene rings is 3. The maximum atomic E-state index is 10.0. The van der Waals surface area contributed by atoms with Crippen LogP contribution in [0.5, 0.6) is 0 Å². The van der Waals surface area contributed by atoms with Crippen LogP contribution in [0.4, 0.5) is 0 Å². The number of hydrogen-bond donors (Lipinski definition) is 1. The number of carbonyl (C=O) groups excluding carboxylic acids is 1. The summed E-state index contributed by atoms with van der Waals surface area (Å²) in [5.74, 6) is -0.0625. The van der Waals surface area contributed by atoms with Crippen LogP contribution in [0.3, 0.4) is 0 Å². The van der Waals surface area contributed by atoms with Gasteiger partial charge in [0.05, 0.1) is 5.76 Å². The molecule has 0 bridgehead atoms. The van der Waals surface area contributed by atoms with Gasteiger partial charge in [-0.2, -0.15) is 0 Å². The minimum absolute atomic E-state index is 0. The molecular formula is C25H21IrN2O2-. The SMILES string of the molecule is CC(=O)/C=C(/C)O.[Ir].[c-]1cc(-c2ccc3ccccc3c2)ccc1-c1ccncn1. The summed E-state index contributed by atoms with van der Waals surface area (Å²) in [7, 11) is 0. The van der Waals surface area contributed by atoms with Crippen molar-refractivity contribution in [3.05, 3.63) is 97.2 Å². The van der Waals surface area contributed by atoms with E-state index in [0.717, 1.165) is 16.8 Å². The van der Waals surface area contributed by atoms with Crippen molar-refractivity contribution in [1.82, 2.24) is 9.97 Å². The number of aromatic nitrogens is 2. The summed E-state index contributed by atoms with van der Waals surface area (Å²) < 4.78 is 0. The first-order chi connectivity index (χ1) is 14.0. The Bertz CT molecular complexity index is 1140. The summed E-state index contributed by atoms with van der Waals surface area (Å²) in [5.41, 5.74) is 4.22. The van der Waals surface area contributed by atoms with Gasteiger partial charge in [-0.1, -0.05) is 59.7 Å². The second-order valence-electron chi connectivity index (χ2n) is 6.54. The van der Waals surface area contributed by atoms with Gasteiger partial charge in [-0.3, -0.25) is 9.78 Å². The Morgan fingerprint density at radius 3 is 2.27 bits per heavy atom. The molecule has 30 heavy (non-hydrogen) atoms. The van der Waals surface area contributed by atoms with E-state index >= 15 is 0 Å². The summed E-state index contributed by atoms with van der Waals surface area (Å²) in [6.45, 7) is 2.85. The maximum absolute atomic E-state index is 10.0. The van der Waals surface area contributed by atoms with Crippen LogP contribution in [0.2, 0.25) is 0 Å². The molecule has 0 fully saturated rings. The molecule has 153 valence electrons. The van der Waals surface area contributed by atoms with E-state index in [9.17, 15) is 4.79 Å². The Kier molecular flexibility index (Phi) is 8.60. The summed E-state index contributed by atoms with van der Waals surface area (Å²) in [4.78, 5) is 18.2. The zero-order valence-electron chi connectivity index (χ0n) is 16.7. The molecule has 0 saturated heterocycles. The number of nitrogens with zero attached hydrogens (tertiary/aromatic N) is 2. The third kappa shape index (κ3) is 6.44. The fraction of sp³-hybridized carbons (Fsp3) is 0.0800. The van der Waals surface area contributed by atoms with Crippen molar-refractivity contribution < 1.29 is 30.0 Å². The molecule has 0 aliphatic carbocycles. The van der Waals surface area contributed by atoms with Crippen LogP contribution >= 0.6 is 0 Å². The Morgan fingerprint density at radius 1 is 0.967 bits per heavy atom. The standard InChI is InChI=1S/C20H13N2.C5H8O2.Ir/c1-2-4-18-13-19(10-7-15(18)3-1)16-5-8-17(9-6-16)20-11-12-21-14-22-20;1-4(6)3-5(2)7;/h1-8,10-14H;3,6H,1-2H3;/q-1;;/b;4-3-;. The van der Waals surface area contributed by atoms with Crippen LogP contribution in [0.1, 0.15) is 13.8 Å². The fourth-order valence-electron chi connectivity index (χ4n) is 2.88. The number of rotatable bonds is 3. The van der Waals surface area contributed by atoms with E-state index in [1.807, 2.05) is 18.2 Å². The van der Waals surface area contributed by atoms with E-state index < -0.39 is 0 Å². The average molecular weight is 574 g/mol. The number of fused-ring (bicyclic) bond motifs is 1. The largest absolute Gasteiger partial charge is 0.512 e. The number of aliphatic hydroxyl groups excluding tert-OH is 1. The van der Waals surface area contributed by atoms with Crippen LogP contribution in [0, 0.1) is 6.07 Å². The number of aliphatic hydroxyl groups is 1.